The van der Waals surface area contributed by atoms with Crippen LogP contribution in [0.4, 0.5) is 0 Å². The number of ether oxygens (including phenoxy) is 2. The molecule has 0 aliphatic carbocycles. The predicted octanol–water partition coefficient (Wildman–Crippen LogP) is 7.54. The van der Waals surface area contributed by atoms with Crippen LogP contribution < -0.4 is 4.74 Å². The molecule has 0 bridgehead atoms. The Labute approximate surface area is 198 Å². The first kappa shape index (κ1) is 23.4. The Morgan fingerprint density at radius 1 is 0.818 bits per heavy atom. The van der Waals surface area contributed by atoms with Crippen LogP contribution in [0.1, 0.15) is 69.9 Å². The first-order valence-corrected chi connectivity index (χ1v) is 12.5. The highest BCUT2D eigenvalue weighted by molar-refractivity contribution is 5.64. The van der Waals surface area contributed by atoms with E-state index in [1.165, 1.54) is 44.1 Å². The van der Waals surface area contributed by atoms with Crippen LogP contribution in [0.25, 0.3) is 22.5 Å². The van der Waals surface area contributed by atoms with E-state index in [0.29, 0.717) is 0 Å². The third-order valence-electron chi connectivity index (χ3n) is 6.31. The first-order valence-electron chi connectivity index (χ1n) is 12.5. The van der Waals surface area contributed by atoms with Gasteiger partial charge in [-0.25, -0.2) is 9.97 Å². The zero-order chi connectivity index (χ0) is 23.0. The second-order valence-corrected chi connectivity index (χ2v) is 9.09. The van der Waals surface area contributed by atoms with Gasteiger partial charge in [0.05, 0.1) is 0 Å². The van der Waals surface area contributed by atoms with Crippen molar-refractivity contribution in [2.24, 2.45) is 0 Å². The van der Waals surface area contributed by atoms with Crippen molar-refractivity contribution in [1.29, 1.82) is 0 Å². The minimum atomic E-state index is -0.0978. The summed E-state index contributed by atoms with van der Waals surface area (Å²) >= 11 is 0. The van der Waals surface area contributed by atoms with Gasteiger partial charge in [0.2, 0.25) is 6.29 Å². The molecule has 0 N–H and O–H groups in total. The van der Waals surface area contributed by atoms with Crippen LogP contribution in [0.3, 0.4) is 0 Å². The molecule has 2 heterocycles. The molecule has 174 valence electrons. The molecule has 4 nitrogen and oxygen atoms in total. The molecule has 1 aliphatic rings. The fourth-order valence-corrected chi connectivity index (χ4v) is 4.13. The van der Waals surface area contributed by atoms with Crippen LogP contribution in [0.5, 0.6) is 5.75 Å². The number of hydrogen-bond donors (Lipinski definition) is 0. The van der Waals surface area contributed by atoms with Crippen molar-refractivity contribution in [2.75, 3.05) is 0 Å². The maximum Gasteiger partial charge on any atom is 0.227 e. The largest absolute Gasteiger partial charge is 0.462 e. The zero-order valence-corrected chi connectivity index (χ0v) is 20.2. The Hall–Kier alpha value is -2.72. The molecule has 1 saturated heterocycles. The van der Waals surface area contributed by atoms with E-state index in [0.717, 1.165) is 46.7 Å². The van der Waals surface area contributed by atoms with Crippen molar-refractivity contribution in [3.63, 3.8) is 0 Å². The second kappa shape index (κ2) is 11.4. The highest BCUT2D eigenvalue weighted by atomic mass is 16.8. The summed E-state index contributed by atoms with van der Waals surface area (Å²) in [6, 6.07) is 14.9. The minimum absolute atomic E-state index is 0.0978. The van der Waals surface area contributed by atoms with Gasteiger partial charge < -0.3 is 9.47 Å². The molecule has 1 fully saturated rings. The smallest absolute Gasteiger partial charge is 0.227 e. The molecule has 0 spiro atoms. The van der Waals surface area contributed by atoms with Crippen LogP contribution in [-0.4, -0.2) is 22.4 Å². The maximum absolute atomic E-state index is 6.02. The average molecular weight is 445 g/mol. The van der Waals surface area contributed by atoms with E-state index in [1.807, 2.05) is 24.5 Å². The summed E-state index contributed by atoms with van der Waals surface area (Å²) in [4.78, 5) is 9.26. The van der Waals surface area contributed by atoms with Crippen LogP contribution in [0.2, 0.25) is 0 Å². The normalized spacial score (nSPS) is 17.2. The SMILES string of the molecule is CCCCCCc1ccc(-c2cnc(-c3ccc(OC4OC4CCCC)c(C)c3)nc2)cc1. The third kappa shape index (κ3) is 6.42. The van der Waals surface area contributed by atoms with E-state index in [-0.39, 0.29) is 12.4 Å². The minimum Gasteiger partial charge on any atom is -0.462 e. The lowest BCUT2D eigenvalue weighted by Gasteiger charge is -2.09. The summed E-state index contributed by atoms with van der Waals surface area (Å²) in [5, 5.41) is 0. The molecule has 4 heteroatoms. The van der Waals surface area contributed by atoms with Crippen LogP contribution in [0.15, 0.2) is 54.9 Å². The molecular weight excluding hydrogens is 408 g/mol. The van der Waals surface area contributed by atoms with Crippen LogP contribution in [0, 0.1) is 6.92 Å². The number of nitrogens with zero attached hydrogens (tertiary/aromatic N) is 2. The summed E-state index contributed by atoms with van der Waals surface area (Å²) in [7, 11) is 0. The van der Waals surface area contributed by atoms with Gasteiger partial charge in [0.1, 0.15) is 11.9 Å². The second-order valence-electron chi connectivity index (χ2n) is 9.09. The van der Waals surface area contributed by atoms with Gasteiger partial charge in [-0.3, -0.25) is 0 Å². The third-order valence-corrected chi connectivity index (χ3v) is 6.31. The van der Waals surface area contributed by atoms with Crippen molar-refractivity contribution in [3.8, 4) is 28.3 Å². The standard InChI is InChI=1S/C29H36N2O2/c1-4-6-8-9-10-22-12-14-23(15-13-22)25-19-30-28(31-20-25)24-16-17-26(21(3)18-24)32-29-27(33-29)11-7-5-2/h12-20,27,29H,4-11H2,1-3H3. The van der Waals surface area contributed by atoms with Crippen molar-refractivity contribution in [3.05, 3.63) is 66.0 Å². The van der Waals surface area contributed by atoms with Gasteiger partial charge in [-0.15, -0.1) is 0 Å². The molecule has 0 amide bonds. The monoisotopic (exact) mass is 444 g/mol. The number of hydrogen-bond acceptors (Lipinski definition) is 4. The Morgan fingerprint density at radius 2 is 1.55 bits per heavy atom. The van der Waals surface area contributed by atoms with E-state index in [9.17, 15) is 0 Å². The Kier molecular flexibility index (Phi) is 8.11. The Balaban J connectivity index is 1.35. The molecule has 1 aliphatic heterocycles. The predicted molar refractivity (Wildman–Crippen MR) is 134 cm³/mol. The van der Waals surface area contributed by atoms with Gasteiger partial charge >= 0.3 is 0 Å². The molecule has 4 rings (SSSR count). The van der Waals surface area contributed by atoms with Gasteiger partial charge in [0.15, 0.2) is 5.82 Å². The molecule has 0 radical (unpaired) electrons. The topological polar surface area (TPSA) is 47.5 Å². The highest BCUT2D eigenvalue weighted by Gasteiger charge is 2.40. The first-order chi connectivity index (χ1) is 16.2. The van der Waals surface area contributed by atoms with Crippen molar-refractivity contribution >= 4 is 0 Å². The number of benzene rings is 2. The number of aryl methyl sites for hydroxylation is 2. The number of unbranched alkanes of at least 4 members (excludes halogenated alkanes) is 4. The summed E-state index contributed by atoms with van der Waals surface area (Å²) in [5.41, 5.74) is 5.66. The van der Waals surface area contributed by atoms with Crippen molar-refractivity contribution in [1.82, 2.24) is 9.97 Å². The Morgan fingerprint density at radius 3 is 2.24 bits per heavy atom. The lowest BCUT2D eigenvalue weighted by Crippen LogP contribution is -2.04. The molecule has 33 heavy (non-hydrogen) atoms. The van der Waals surface area contributed by atoms with Crippen LogP contribution >= 0.6 is 0 Å². The van der Waals surface area contributed by atoms with Crippen LogP contribution in [-0.2, 0) is 11.2 Å². The van der Waals surface area contributed by atoms with Gasteiger partial charge in [-0.05, 0) is 61.1 Å². The summed E-state index contributed by atoms with van der Waals surface area (Å²) < 4.78 is 11.7. The summed E-state index contributed by atoms with van der Waals surface area (Å²) in [6.07, 6.45) is 13.7. The van der Waals surface area contributed by atoms with Gasteiger partial charge in [0.25, 0.3) is 0 Å². The lowest BCUT2D eigenvalue weighted by molar-refractivity contribution is 0.177. The number of aromatic nitrogens is 2. The van der Waals surface area contributed by atoms with Crippen molar-refractivity contribution in [2.45, 2.75) is 84.5 Å². The molecular formula is C29H36N2O2. The molecule has 2 atom stereocenters. The van der Waals surface area contributed by atoms with Gasteiger partial charge in [0, 0.05) is 23.5 Å². The molecule has 2 aromatic carbocycles. The van der Waals surface area contributed by atoms with E-state index < -0.39 is 0 Å². The van der Waals surface area contributed by atoms with E-state index in [1.54, 1.807) is 0 Å². The van der Waals surface area contributed by atoms with Gasteiger partial charge in [-0.2, -0.15) is 0 Å². The Bertz CT molecular complexity index is 1010. The molecule has 3 aromatic rings. The molecule has 2 unspecified atom stereocenters. The highest BCUT2D eigenvalue weighted by Crippen LogP contribution is 2.33. The lowest BCUT2D eigenvalue weighted by atomic mass is 10.0. The fraction of sp³-hybridized carbons (Fsp3) is 0.448. The van der Waals surface area contributed by atoms with Gasteiger partial charge in [-0.1, -0.05) is 70.2 Å². The number of rotatable bonds is 12. The maximum atomic E-state index is 6.02. The fourth-order valence-electron chi connectivity index (χ4n) is 4.13. The molecule has 1 aromatic heterocycles. The van der Waals surface area contributed by atoms with E-state index >= 15 is 0 Å². The quantitative estimate of drug-likeness (QED) is 0.214. The molecule has 0 saturated carbocycles. The summed E-state index contributed by atoms with van der Waals surface area (Å²) in [6.45, 7) is 6.50. The van der Waals surface area contributed by atoms with E-state index in [4.69, 9.17) is 9.47 Å². The number of epoxide rings is 1. The average Bonchev–Trinajstić information content (AvgIpc) is 3.60. The summed E-state index contributed by atoms with van der Waals surface area (Å²) in [5.74, 6) is 1.60. The van der Waals surface area contributed by atoms with Crippen molar-refractivity contribution < 1.29 is 9.47 Å². The zero-order valence-electron chi connectivity index (χ0n) is 20.2. The van der Waals surface area contributed by atoms with E-state index in [2.05, 4.69) is 61.1 Å².